The molecular weight excluding hydrogens is 302 g/mol. The summed E-state index contributed by atoms with van der Waals surface area (Å²) in [4.78, 5) is 45.8. The zero-order chi connectivity index (χ0) is 17.9. The normalized spacial score (nSPS) is 10.8. The number of rotatable bonds is 10. The van der Waals surface area contributed by atoms with Gasteiger partial charge in [0.2, 0.25) is 5.91 Å². The van der Waals surface area contributed by atoms with Crippen molar-refractivity contribution in [1.82, 2.24) is 10.6 Å². The van der Waals surface area contributed by atoms with E-state index in [1.807, 2.05) is 0 Å². The zero-order valence-electron chi connectivity index (χ0n) is 14.1. The molecule has 0 aliphatic rings. The van der Waals surface area contributed by atoms with Gasteiger partial charge in [-0.05, 0) is 33.7 Å². The van der Waals surface area contributed by atoms with Crippen molar-refractivity contribution < 1.29 is 23.9 Å². The number of carbonyl (C=O) groups excluding carboxylic acids is 4. The molecule has 0 unspecified atom stereocenters. The molecule has 8 nitrogen and oxygen atoms in total. The number of carbonyl (C=O) groups is 4. The number of amides is 2. The minimum atomic E-state index is -0.680. The monoisotopic (exact) mass is 329 g/mol. The summed E-state index contributed by atoms with van der Waals surface area (Å²) in [6.07, 6.45) is 0.192. The van der Waals surface area contributed by atoms with Crippen LogP contribution >= 0.6 is 0 Å². The lowest BCUT2D eigenvalue weighted by molar-refractivity contribution is -0.126. The van der Waals surface area contributed by atoms with Gasteiger partial charge in [0.1, 0.15) is 5.60 Å². The molecule has 0 spiro atoms. The Morgan fingerprint density at radius 2 is 1.48 bits per heavy atom. The highest BCUT2D eigenvalue weighted by Crippen LogP contribution is 2.06. The molecule has 8 heteroatoms. The Balaban J connectivity index is 3.82. The van der Waals surface area contributed by atoms with Crippen molar-refractivity contribution in [2.75, 3.05) is 19.6 Å². The first kappa shape index (κ1) is 21.0. The number of Topliss-reactive ketones (excluding diaryl/α,β-unsaturated/α-hetero) is 2. The number of ketones is 2. The highest BCUT2D eigenvalue weighted by molar-refractivity contribution is 5.90. The summed E-state index contributed by atoms with van der Waals surface area (Å²) < 4.78 is 4.98. The molecule has 0 aromatic carbocycles. The number of nitrogens with two attached hydrogens (primary N) is 1. The second-order valence-electron chi connectivity index (χ2n) is 6.10. The first-order chi connectivity index (χ1) is 10.6. The maximum absolute atomic E-state index is 11.6. The summed E-state index contributed by atoms with van der Waals surface area (Å²) >= 11 is 0. The molecular formula is C15H27N3O5. The third-order valence-electron chi connectivity index (χ3n) is 2.60. The van der Waals surface area contributed by atoms with Crippen molar-refractivity contribution in [3.8, 4) is 0 Å². The quantitative estimate of drug-likeness (QED) is 0.528. The van der Waals surface area contributed by atoms with Gasteiger partial charge in [0.05, 0.1) is 13.1 Å². The van der Waals surface area contributed by atoms with Crippen LogP contribution < -0.4 is 16.4 Å². The van der Waals surface area contributed by atoms with E-state index < -0.39 is 11.7 Å². The topological polar surface area (TPSA) is 128 Å². The highest BCUT2D eigenvalue weighted by atomic mass is 16.6. The van der Waals surface area contributed by atoms with Crippen molar-refractivity contribution in [3.05, 3.63) is 0 Å². The second kappa shape index (κ2) is 10.7. The molecule has 0 aromatic heterocycles. The van der Waals surface area contributed by atoms with E-state index in [2.05, 4.69) is 10.6 Å². The Morgan fingerprint density at radius 3 is 2.04 bits per heavy atom. The van der Waals surface area contributed by atoms with Crippen LogP contribution in [0.4, 0.5) is 4.79 Å². The van der Waals surface area contributed by atoms with Crippen LogP contribution in [0.15, 0.2) is 0 Å². The fourth-order valence-electron chi connectivity index (χ4n) is 1.50. The molecule has 0 saturated heterocycles. The van der Waals surface area contributed by atoms with Gasteiger partial charge in [-0.3, -0.25) is 14.4 Å². The minimum Gasteiger partial charge on any atom is -0.444 e. The molecule has 23 heavy (non-hydrogen) atoms. The number of hydrogen-bond donors (Lipinski definition) is 3. The van der Waals surface area contributed by atoms with Crippen LogP contribution in [0, 0.1) is 0 Å². The van der Waals surface area contributed by atoms with E-state index >= 15 is 0 Å². The lowest BCUT2D eigenvalue weighted by Crippen LogP contribution is -2.36. The summed E-state index contributed by atoms with van der Waals surface area (Å²) in [5.74, 6) is -0.765. The van der Waals surface area contributed by atoms with Gasteiger partial charge in [0, 0.05) is 19.3 Å². The summed E-state index contributed by atoms with van der Waals surface area (Å²) in [5.41, 5.74) is 4.65. The fourth-order valence-corrected chi connectivity index (χ4v) is 1.50. The van der Waals surface area contributed by atoms with E-state index in [1.165, 1.54) is 0 Å². The molecule has 132 valence electrons. The predicted molar refractivity (Wildman–Crippen MR) is 84.8 cm³/mol. The Kier molecular flexibility index (Phi) is 9.80. The standard InChI is InChI=1S/C15H27N3O5/c1-15(2,3)23-14(22)18-10-12(20)6-7-13(21)17-9-11(19)5-4-8-16/h4-10,16H2,1-3H3,(H,17,21)(H,18,22). The highest BCUT2D eigenvalue weighted by Gasteiger charge is 2.16. The lowest BCUT2D eigenvalue weighted by atomic mass is 10.2. The van der Waals surface area contributed by atoms with Crippen molar-refractivity contribution in [3.63, 3.8) is 0 Å². The number of nitrogens with one attached hydrogen (secondary N) is 2. The predicted octanol–water partition coefficient (Wildman–Crippen LogP) is 0.285. The number of ether oxygens (including phenoxy) is 1. The first-order valence-corrected chi connectivity index (χ1v) is 7.61. The van der Waals surface area contributed by atoms with E-state index in [0.29, 0.717) is 19.4 Å². The van der Waals surface area contributed by atoms with Crippen LogP contribution in [0.2, 0.25) is 0 Å². The van der Waals surface area contributed by atoms with Gasteiger partial charge >= 0.3 is 6.09 Å². The van der Waals surface area contributed by atoms with Gasteiger partial charge in [-0.2, -0.15) is 0 Å². The molecule has 2 amide bonds. The summed E-state index contributed by atoms with van der Waals surface area (Å²) in [5, 5.41) is 4.78. The van der Waals surface area contributed by atoms with Crippen LogP contribution in [0.25, 0.3) is 0 Å². The minimum absolute atomic E-state index is 0.0153. The van der Waals surface area contributed by atoms with Gasteiger partial charge in [-0.15, -0.1) is 0 Å². The average molecular weight is 329 g/mol. The Labute approximate surface area is 136 Å². The molecule has 0 heterocycles. The van der Waals surface area contributed by atoms with Gasteiger partial charge in [-0.1, -0.05) is 0 Å². The zero-order valence-corrected chi connectivity index (χ0v) is 14.1. The van der Waals surface area contributed by atoms with Crippen molar-refractivity contribution in [2.45, 2.75) is 52.1 Å². The Bertz CT molecular complexity index is 429. The van der Waals surface area contributed by atoms with Gasteiger partial charge in [0.25, 0.3) is 0 Å². The third kappa shape index (κ3) is 13.4. The molecule has 0 fully saturated rings. The second-order valence-corrected chi connectivity index (χ2v) is 6.10. The molecule has 0 aromatic rings. The molecule has 4 N–H and O–H groups in total. The number of alkyl carbamates (subject to hydrolysis) is 1. The average Bonchev–Trinajstić information content (AvgIpc) is 2.44. The molecule has 0 atom stereocenters. The largest absolute Gasteiger partial charge is 0.444 e. The summed E-state index contributed by atoms with van der Waals surface area (Å²) in [6.45, 7) is 5.33. The lowest BCUT2D eigenvalue weighted by Gasteiger charge is -2.19. The molecule has 0 rings (SSSR count). The summed E-state index contributed by atoms with van der Waals surface area (Å²) in [6, 6.07) is 0. The van der Waals surface area contributed by atoms with E-state index in [0.717, 1.165) is 0 Å². The molecule has 0 aliphatic heterocycles. The molecule has 0 bridgehead atoms. The van der Waals surface area contributed by atoms with Crippen molar-refractivity contribution in [2.24, 2.45) is 5.73 Å². The molecule has 0 aliphatic carbocycles. The summed E-state index contributed by atoms with van der Waals surface area (Å²) in [7, 11) is 0. The van der Waals surface area contributed by atoms with Gasteiger partial charge in [0.15, 0.2) is 11.6 Å². The van der Waals surface area contributed by atoms with Crippen LogP contribution in [0.5, 0.6) is 0 Å². The third-order valence-corrected chi connectivity index (χ3v) is 2.60. The van der Waals surface area contributed by atoms with Crippen LogP contribution in [0.1, 0.15) is 46.5 Å². The van der Waals surface area contributed by atoms with E-state index in [1.54, 1.807) is 20.8 Å². The van der Waals surface area contributed by atoms with Gasteiger partial charge < -0.3 is 21.1 Å². The maximum Gasteiger partial charge on any atom is 0.408 e. The van der Waals surface area contributed by atoms with Crippen molar-refractivity contribution in [1.29, 1.82) is 0 Å². The van der Waals surface area contributed by atoms with Crippen LogP contribution in [-0.2, 0) is 19.1 Å². The Morgan fingerprint density at radius 1 is 0.913 bits per heavy atom. The van der Waals surface area contributed by atoms with E-state index in [-0.39, 0.29) is 43.4 Å². The van der Waals surface area contributed by atoms with E-state index in [4.69, 9.17) is 10.5 Å². The Hall–Kier alpha value is -1.96. The van der Waals surface area contributed by atoms with Crippen molar-refractivity contribution >= 4 is 23.6 Å². The number of hydrogen-bond acceptors (Lipinski definition) is 6. The van der Waals surface area contributed by atoms with Crippen LogP contribution in [-0.4, -0.2) is 48.8 Å². The van der Waals surface area contributed by atoms with Gasteiger partial charge in [-0.25, -0.2) is 4.79 Å². The maximum atomic E-state index is 11.6. The SMILES string of the molecule is CC(C)(C)OC(=O)NCC(=O)CCC(=O)NCC(=O)CCCN. The molecule has 0 radical (unpaired) electrons. The fraction of sp³-hybridized carbons (Fsp3) is 0.733. The molecule has 0 saturated carbocycles. The first-order valence-electron chi connectivity index (χ1n) is 7.61. The van der Waals surface area contributed by atoms with E-state index in [9.17, 15) is 19.2 Å². The van der Waals surface area contributed by atoms with Crippen LogP contribution in [0.3, 0.4) is 0 Å². The smallest absolute Gasteiger partial charge is 0.408 e.